The summed E-state index contributed by atoms with van der Waals surface area (Å²) in [4.78, 5) is 52.4. The molecule has 11 nitrogen and oxygen atoms in total. The number of hydrogen-bond acceptors (Lipinski definition) is 7. The highest BCUT2D eigenvalue weighted by atomic mass is 16.5. The fourth-order valence-electron chi connectivity index (χ4n) is 3.80. The number of carbonyl (C=O) groups excluding carboxylic acids is 4. The lowest BCUT2D eigenvalue weighted by atomic mass is 10.0. The molecular weight excluding hydrogens is 442 g/mol. The molecule has 11 heteroatoms. The molecule has 3 rings (SSSR count). The van der Waals surface area contributed by atoms with Gasteiger partial charge in [-0.1, -0.05) is 13.8 Å². The number of nitrogens with zero attached hydrogens (tertiary/aromatic N) is 2. The van der Waals surface area contributed by atoms with Gasteiger partial charge >= 0.3 is 5.97 Å². The maximum Gasteiger partial charge on any atom is 0.325 e. The Morgan fingerprint density at radius 3 is 2.50 bits per heavy atom. The summed E-state index contributed by atoms with van der Waals surface area (Å²) in [7, 11) is 1.25. The van der Waals surface area contributed by atoms with E-state index in [0.29, 0.717) is 23.3 Å². The number of nitrogens with one attached hydrogen (secondary N) is 3. The lowest BCUT2D eigenvalue weighted by Crippen LogP contribution is -2.32. The van der Waals surface area contributed by atoms with Crippen molar-refractivity contribution in [1.82, 2.24) is 25.7 Å². The van der Waals surface area contributed by atoms with Gasteiger partial charge in [0.25, 0.3) is 5.91 Å². The second-order valence-corrected chi connectivity index (χ2v) is 8.82. The van der Waals surface area contributed by atoms with E-state index in [-0.39, 0.29) is 43.3 Å². The van der Waals surface area contributed by atoms with Crippen molar-refractivity contribution in [2.45, 2.75) is 58.0 Å². The highest BCUT2D eigenvalue weighted by Gasteiger charge is 2.32. The summed E-state index contributed by atoms with van der Waals surface area (Å²) in [6.45, 7) is 3.87. The SMILES string of the molecule is COC(=O)CNC(=O)c1ccc2c(c1)nc(C(CC(C)C)NC(=O)CCC(=O)NO)n2C1CC1. The fourth-order valence-corrected chi connectivity index (χ4v) is 3.80. The number of rotatable bonds is 11. The number of carbonyl (C=O) groups is 4. The molecule has 1 atom stereocenters. The second-order valence-electron chi connectivity index (χ2n) is 8.82. The molecule has 184 valence electrons. The second kappa shape index (κ2) is 11.1. The van der Waals surface area contributed by atoms with E-state index in [1.54, 1.807) is 12.1 Å². The van der Waals surface area contributed by atoms with E-state index in [2.05, 4.69) is 19.9 Å². The van der Waals surface area contributed by atoms with Crippen molar-refractivity contribution in [2.75, 3.05) is 13.7 Å². The Kier molecular flexibility index (Phi) is 8.21. The number of hydroxylamine groups is 1. The van der Waals surface area contributed by atoms with Crippen LogP contribution in [0.3, 0.4) is 0 Å². The Hall–Kier alpha value is -3.47. The number of amides is 3. The minimum absolute atomic E-state index is 0.0604. The molecule has 1 aromatic carbocycles. The lowest BCUT2D eigenvalue weighted by molar-refractivity contribution is -0.139. The van der Waals surface area contributed by atoms with Crippen molar-refractivity contribution in [3.63, 3.8) is 0 Å². The van der Waals surface area contributed by atoms with E-state index >= 15 is 0 Å². The lowest BCUT2D eigenvalue weighted by Gasteiger charge is -2.22. The van der Waals surface area contributed by atoms with Crippen LogP contribution in [0.1, 0.15) is 74.2 Å². The van der Waals surface area contributed by atoms with E-state index < -0.39 is 17.8 Å². The Morgan fingerprint density at radius 1 is 1.18 bits per heavy atom. The average molecular weight is 474 g/mol. The first-order valence-electron chi connectivity index (χ1n) is 11.3. The zero-order valence-corrected chi connectivity index (χ0v) is 19.6. The standard InChI is InChI=1S/C23H31N5O6/c1-13(2)10-17(25-19(29)8-9-20(30)27-33)22-26-16-11-14(23(32)24-12-21(31)34-3)4-7-18(16)28(22)15-5-6-15/h4,7,11,13,15,17,33H,5-6,8-10,12H2,1-3H3,(H,24,32)(H,25,29)(H,27,30). The average Bonchev–Trinajstić information content (AvgIpc) is 3.58. The topological polar surface area (TPSA) is 152 Å². The van der Waals surface area contributed by atoms with Crippen LogP contribution in [0.2, 0.25) is 0 Å². The van der Waals surface area contributed by atoms with E-state index in [4.69, 9.17) is 10.2 Å². The fraction of sp³-hybridized carbons (Fsp3) is 0.522. The molecule has 0 bridgehead atoms. The molecule has 1 fully saturated rings. The number of ether oxygens (including phenoxy) is 1. The predicted molar refractivity (Wildman–Crippen MR) is 122 cm³/mol. The van der Waals surface area contributed by atoms with E-state index in [1.165, 1.54) is 12.6 Å². The molecular formula is C23H31N5O6. The van der Waals surface area contributed by atoms with Gasteiger partial charge in [0.2, 0.25) is 11.8 Å². The Labute approximate surface area is 197 Å². The number of fused-ring (bicyclic) bond motifs is 1. The van der Waals surface area contributed by atoms with Crippen LogP contribution >= 0.6 is 0 Å². The number of hydrogen-bond donors (Lipinski definition) is 4. The third kappa shape index (κ3) is 6.31. The summed E-state index contributed by atoms with van der Waals surface area (Å²) >= 11 is 0. The number of aromatic nitrogens is 2. The summed E-state index contributed by atoms with van der Waals surface area (Å²) in [5, 5.41) is 14.2. The zero-order valence-electron chi connectivity index (χ0n) is 19.6. The van der Waals surface area contributed by atoms with Crippen LogP contribution in [0.15, 0.2) is 18.2 Å². The minimum Gasteiger partial charge on any atom is -0.468 e. The molecule has 0 spiro atoms. The third-order valence-corrected chi connectivity index (χ3v) is 5.57. The molecule has 0 radical (unpaired) electrons. The smallest absolute Gasteiger partial charge is 0.325 e. The minimum atomic E-state index is -0.626. The first-order valence-corrected chi connectivity index (χ1v) is 11.3. The van der Waals surface area contributed by atoms with Crippen molar-refractivity contribution in [1.29, 1.82) is 0 Å². The number of methoxy groups -OCH3 is 1. The van der Waals surface area contributed by atoms with E-state index in [0.717, 1.165) is 18.4 Å². The van der Waals surface area contributed by atoms with Gasteiger partial charge in [-0.05, 0) is 43.4 Å². The summed E-state index contributed by atoms with van der Waals surface area (Å²) < 4.78 is 6.67. The number of benzene rings is 1. The summed E-state index contributed by atoms with van der Waals surface area (Å²) in [5.41, 5.74) is 3.38. The van der Waals surface area contributed by atoms with Crippen molar-refractivity contribution in [2.24, 2.45) is 5.92 Å². The highest BCUT2D eigenvalue weighted by molar-refractivity contribution is 5.98. The molecule has 1 saturated carbocycles. The third-order valence-electron chi connectivity index (χ3n) is 5.57. The largest absolute Gasteiger partial charge is 0.468 e. The molecule has 1 unspecified atom stereocenters. The van der Waals surface area contributed by atoms with Crippen molar-refractivity contribution in [3.8, 4) is 0 Å². The monoisotopic (exact) mass is 473 g/mol. The number of esters is 1. The summed E-state index contributed by atoms with van der Waals surface area (Å²) in [6.07, 6.45) is 2.45. The molecule has 1 aliphatic rings. The van der Waals surface area contributed by atoms with Gasteiger partial charge in [-0.2, -0.15) is 0 Å². The van der Waals surface area contributed by atoms with Crippen LogP contribution in [0, 0.1) is 5.92 Å². The van der Waals surface area contributed by atoms with Crippen LogP contribution < -0.4 is 16.1 Å². The normalized spacial score (nSPS) is 14.0. The van der Waals surface area contributed by atoms with Crippen LogP contribution in [0.25, 0.3) is 11.0 Å². The first kappa shape index (κ1) is 25.2. The van der Waals surface area contributed by atoms with Crippen LogP contribution in [0.5, 0.6) is 0 Å². The van der Waals surface area contributed by atoms with Gasteiger partial charge < -0.3 is 19.9 Å². The molecule has 4 N–H and O–H groups in total. The first-order chi connectivity index (χ1) is 16.2. The van der Waals surface area contributed by atoms with Crippen molar-refractivity contribution in [3.05, 3.63) is 29.6 Å². The quantitative estimate of drug-likeness (QED) is 0.220. The van der Waals surface area contributed by atoms with Crippen molar-refractivity contribution >= 4 is 34.7 Å². The molecule has 34 heavy (non-hydrogen) atoms. The molecule has 0 saturated heterocycles. The predicted octanol–water partition coefficient (Wildman–Crippen LogP) is 1.76. The summed E-state index contributed by atoms with van der Waals surface area (Å²) in [5.74, 6) is -0.927. The molecule has 1 aromatic heterocycles. The summed E-state index contributed by atoms with van der Waals surface area (Å²) in [6, 6.07) is 5.07. The van der Waals surface area contributed by atoms with Gasteiger partial charge in [-0.25, -0.2) is 10.5 Å². The molecule has 2 aromatic rings. The molecule has 1 heterocycles. The van der Waals surface area contributed by atoms with Crippen LogP contribution in [0.4, 0.5) is 0 Å². The Bertz CT molecular complexity index is 1080. The molecule has 0 aliphatic heterocycles. The van der Waals surface area contributed by atoms with Gasteiger partial charge in [0.05, 0.1) is 24.2 Å². The van der Waals surface area contributed by atoms with E-state index in [9.17, 15) is 19.2 Å². The molecule has 1 aliphatic carbocycles. The van der Waals surface area contributed by atoms with Crippen LogP contribution in [-0.4, -0.2) is 52.1 Å². The number of imidazole rings is 1. The van der Waals surface area contributed by atoms with E-state index in [1.807, 2.05) is 19.9 Å². The van der Waals surface area contributed by atoms with Gasteiger partial charge in [-0.15, -0.1) is 0 Å². The molecule has 3 amide bonds. The van der Waals surface area contributed by atoms with Gasteiger partial charge in [-0.3, -0.25) is 24.4 Å². The maximum atomic E-state index is 12.5. The Morgan fingerprint density at radius 2 is 1.88 bits per heavy atom. The highest BCUT2D eigenvalue weighted by Crippen LogP contribution is 2.41. The zero-order chi connectivity index (χ0) is 24.8. The van der Waals surface area contributed by atoms with Gasteiger partial charge in [0.15, 0.2) is 0 Å². The Balaban J connectivity index is 1.89. The van der Waals surface area contributed by atoms with Crippen LogP contribution in [-0.2, 0) is 19.1 Å². The van der Waals surface area contributed by atoms with Gasteiger partial charge in [0, 0.05) is 24.4 Å². The van der Waals surface area contributed by atoms with Gasteiger partial charge in [0.1, 0.15) is 12.4 Å². The maximum absolute atomic E-state index is 12.5. The van der Waals surface area contributed by atoms with Crippen molar-refractivity contribution < 1.29 is 29.1 Å².